The third kappa shape index (κ3) is 4.09. The van der Waals surface area contributed by atoms with E-state index < -0.39 is 0 Å². The summed E-state index contributed by atoms with van der Waals surface area (Å²) in [6.45, 7) is 1.39. The fraction of sp³-hybridized carbons (Fsp3) is 0.500. The Morgan fingerprint density at radius 1 is 1.56 bits per heavy atom. The lowest BCUT2D eigenvalue weighted by molar-refractivity contribution is 0.201. The molecule has 3 nitrogen and oxygen atoms in total. The van der Waals surface area contributed by atoms with E-state index in [4.69, 9.17) is 27.9 Å². The highest BCUT2D eigenvalue weighted by Crippen LogP contribution is 2.25. The third-order valence-corrected chi connectivity index (χ3v) is 3.01. The quantitative estimate of drug-likeness (QED) is 0.776. The van der Waals surface area contributed by atoms with E-state index in [-0.39, 0.29) is 4.83 Å². The van der Waals surface area contributed by atoms with Crippen LogP contribution in [0.15, 0.2) is 12.3 Å². The Morgan fingerprint density at radius 2 is 2.25 bits per heavy atom. The summed E-state index contributed by atoms with van der Waals surface area (Å²) in [7, 11) is 3.59. The highest BCUT2D eigenvalue weighted by molar-refractivity contribution is 9.09. The number of rotatable bonds is 5. The molecular formula is C10H13BrCl2N2O. The molecule has 0 bridgehead atoms. The molecule has 1 atom stereocenters. The normalized spacial score (nSPS) is 12.6. The molecule has 0 aliphatic carbocycles. The molecule has 0 saturated heterocycles. The Hall–Kier alpha value is -0.0300. The molecule has 1 heterocycles. The van der Waals surface area contributed by atoms with Gasteiger partial charge < -0.3 is 9.64 Å². The highest BCUT2D eigenvalue weighted by atomic mass is 79.9. The van der Waals surface area contributed by atoms with Crippen LogP contribution >= 0.6 is 39.1 Å². The van der Waals surface area contributed by atoms with Gasteiger partial charge in [0.25, 0.3) is 0 Å². The molecule has 90 valence electrons. The molecular weight excluding hydrogens is 315 g/mol. The largest absolute Gasteiger partial charge is 0.383 e. The first-order chi connectivity index (χ1) is 7.54. The minimum atomic E-state index is 0.232. The minimum absolute atomic E-state index is 0.232. The number of anilines is 1. The van der Waals surface area contributed by atoms with Gasteiger partial charge in [0.05, 0.1) is 21.5 Å². The van der Waals surface area contributed by atoms with Gasteiger partial charge >= 0.3 is 0 Å². The maximum Gasteiger partial charge on any atom is 0.147 e. The molecule has 0 fully saturated rings. The molecule has 0 aliphatic heterocycles. The molecule has 0 aliphatic rings. The molecule has 16 heavy (non-hydrogen) atoms. The first kappa shape index (κ1) is 14.0. The van der Waals surface area contributed by atoms with Crippen molar-refractivity contribution in [1.29, 1.82) is 0 Å². The second kappa shape index (κ2) is 6.64. The third-order valence-electron chi connectivity index (χ3n) is 1.97. The maximum absolute atomic E-state index is 6.05. The van der Waals surface area contributed by atoms with E-state index in [0.29, 0.717) is 22.5 Å². The molecule has 0 spiro atoms. The topological polar surface area (TPSA) is 25.4 Å². The zero-order valence-corrected chi connectivity index (χ0v) is 12.2. The summed E-state index contributed by atoms with van der Waals surface area (Å²) in [6, 6.07) is 1.68. The van der Waals surface area contributed by atoms with Crippen LogP contribution in [0.3, 0.4) is 0 Å². The Bertz CT molecular complexity index is 352. The van der Waals surface area contributed by atoms with Crippen LogP contribution in [0.1, 0.15) is 0 Å². The Morgan fingerprint density at radius 3 is 2.81 bits per heavy atom. The van der Waals surface area contributed by atoms with Crippen LogP contribution in [-0.4, -0.2) is 37.1 Å². The van der Waals surface area contributed by atoms with Gasteiger partial charge in [-0.15, -0.1) is 0 Å². The second-order valence-corrected chi connectivity index (χ2v) is 5.53. The number of pyridine rings is 1. The van der Waals surface area contributed by atoms with Gasteiger partial charge in [-0.25, -0.2) is 4.98 Å². The van der Waals surface area contributed by atoms with Gasteiger partial charge in [-0.05, 0) is 6.07 Å². The monoisotopic (exact) mass is 326 g/mol. The van der Waals surface area contributed by atoms with Crippen molar-refractivity contribution >= 4 is 44.9 Å². The number of hydrogen-bond acceptors (Lipinski definition) is 3. The number of alkyl halides is 1. The van der Waals surface area contributed by atoms with Crippen LogP contribution in [-0.2, 0) is 4.74 Å². The van der Waals surface area contributed by atoms with E-state index in [1.54, 1.807) is 19.4 Å². The first-order valence-electron chi connectivity index (χ1n) is 4.69. The predicted octanol–water partition coefficient (Wildman–Crippen LogP) is 3.23. The summed E-state index contributed by atoms with van der Waals surface area (Å²) in [5.74, 6) is 0.714. The minimum Gasteiger partial charge on any atom is -0.383 e. The summed E-state index contributed by atoms with van der Waals surface area (Å²) in [6.07, 6.45) is 1.58. The zero-order chi connectivity index (χ0) is 12.1. The van der Waals surface area contributed by atoms with Crippen molar-refractivity contribution in [2.45, 2.75) is 4.83 Å². The van der Waals surface area contributed by atoms with Crippen LogP contribution in [0.5, 0.6) is 0 Å². The SMILES string of the molecule is COCC(Br)CN(C)c1ncc(Cl)cc1Cl. The molecule has 1 aromatic heterocycles. The lowest BCUT2D eigenvalue weighted by Gasteiger charge is -2.22. The number of methoxy groups -OCH3 is 1. The zero-order valence-electron chi connectivity index (χ0n) is 9.08. The van der Waals surface area contributed by atoms with E-state index in [1.165, 1.54) is 0 Å². The van der Waals surface area contributed by atoms with Gasteiger partial charge in [-0.3, -0.25) is 0 Å². The van der Waals surface area contributed by atoms with Crippen molar-refractivity contribution in [2.75, 3.05) is 32.2 Å². The molecule has 1 aromatic rings. The lowest BCUT2D eigenvalue weighted by atomic mass is 10.4. The summed E-state index contributed by atoms with van der Waals surface area (Å²) in [4.78, 5) is 6.38. The van der Waals surface area contributed by atoms with Crippen molar-refractivity contribution in [1.82, 2.24) is 4.98 Å². The molecule has 0 N–H and O–H groups in total. The van der Waals surface area contributed by atoms with E-state index in [0.717, 1.165) is 6.54 Å². The Labute approximate surface area is 114 Å². The average molecular weight is 328 g/mol. The van der Waals surface area contributed by atoms with Crippen molar-refractivity contribution in [3.05, 3.63) is 22.3 Å². The molecule has 0 aromatic carbocycles. The summed E-state index contributed by atoms with van der Waals surface area (Å²) in [5, 5.41) is 1.08. The molecule has 6 heteroatoms. The van der Waals surface area contributed by atoms with Crippen LogP contribution in [0.4, 0.5) is 5.82 Å². The summed E-state index contributed by atoms with van der Waals surface area (Å²) < 4.78 is 5.04. The van der Waals surface area contributed by atoms with Gasteiger partial charge in [0, 0.05) is 26.9 Å². The van der Waals surface area contributed by atoms with Crippen LogP contribution < -0.4 is 4.90 Å². The summed E-state index contributed by atoms with van der Waals surface area (Å²) in [5.41, 5.74) is 0. The van der Waals surface area contributed by atoms with E-state index in [9.17, 15) is 0 Å². The van der Waals surface area contributed by atoms with Gasteiger partial charge in [-0.1, -0.05) is 39.1 Å². The van der Waals surface area contributed by atoms with Gasteiger partial charge in [0.15, 0.2) is 0 Å². The Kier molecular flexibility index (Phi) is 5.83. The van der Waals surface area contributed by atoms with Crippen molar-refractivity contribution < 1.29 is 4.74 Å². The maximum atomic E-state index is 6.05. The second-order valence-electron chi connectivity index (χ2n) is 3.39. The van der Waals surface area contributed by atoms with Crippen molar-refractivity contribution in [3.63, 3.8) is 0 Å². The summed E-state index contributed by atoms with van der Waals surface area (Å²) >= 11 is 15.3. The average Bonchev–Trinajstić information content (AvgIpc) is 2.17. The van der Waals surface area contributed by atoms with Crippen LogP contribution in [0.25, 0.3) is 0 Å². The molecule has 0 saturated carbocycles. The van der Waals surface area contributed by atoms with E-state index in [1.807, 2.05) is 11.9 Å². The van der Waals surface area contributed by atoms with Gasteiger partial charge in [-0.2, -0.15) is 0 Å². The molecule has 0 amide bonds. The Balaban J connectivity index is 2.69. The molecule has 1 unspecified atom stereocenters. The van der Waals surface area contributed by atoms with E-state index >= 15 is 0 Å². The van der Waals surface area contributed by atoms with Crippen molar-refractivity contribution in [3.8, 4) is 0 Å². The van der Waals surface area contributed by atoms with Crippen LogP contribution in [0, 0.1) is 0 Å². The number of aromatic nitrogens is 1. The molecule has 0 radical (unpaired) electrons. The number of ether oxygens (including phenoxy) is 1. The highest BCUT2D eigenvalue weighted by Gasteiger charge is 2.12. The number of nitrogens with zero attached hydrogens (tertiary/aromatic N) is 2. The van der Waals surface area contributed by atoms with E-state index in [2.05, 4.69) is 20.9 Å². The standard InChI is InChI=1S/C10H13BrCl2N2O/c1-15(5-7(11)6-16-2)10-9(13)3-8(12)4-14-10/h3-4,7H,5-6H2,1-2H3. The number of halogens is 3. The van der Waals surface area contributed by atoms with Crippen molar-refractivity contribution in [2.24, 2.45) is 0 Å². The van der Waals surface area contributed by atoms with Gasteiger partial charge in [0.2, 0.25) is 0 Å². The lowest BCUT2D eigenvalue weighted by Crippen LogP contribution is -2.29. The smallest absolute Gasteiger partial charge is 0.147 e. The fourth-order valence-electron chi connectivity index (χ4n) is 1.31. The predicted molar refractivity (Wildman–Crippen MR) is 72.1 cm³/mol. The van der Waals surface area contributed by atoms with Crippen LogP contribution in [0.2, 0.25) is 10.0 Å². The fourth-order valence-corrected chi connectivity index (χ4v) is 2.53. The first-order valence-corrected chi connectivity index (χ1v) is 6.37. The molecule has 1 rings (SSSR count). The van der Waals surface area contributed by atoms with Gasteiger partial charge in [0.1, 0.15) is 5.82 Å². The number of hydrogen-bond donors (Lipinski definition) is 0.